The van der Waals surface area contributed by atoms with Gasteiger partial charge in [-0.25, -0.2) is 4.98 Å². The Morgan fingerprint density at radius 1 is 1.41 bits per heavy atom. The molecule has 0 bridgehead atoms. The van der Waals surface area contributed by atoms with Gasteiger partial charge in [0.25, 0.3) is 0 Å². The van der Waals surface area contributed by atoms with E-state index in [2.05, 4.69) is 20.2 Å². The Bertz CT molecular complexity index is 585. The average Bonchev–Trinajstić information content (AvgIpc) is 2.99. The van der Waals surface area contributed by atoms with Crippen molar-refractivity contribution in [3.05, 3.63) is 53.6 Å². The molecule has 0 aliphatic carbocycles. The van der Waals surface area contributed by atoms with Crippen molar-refractivity contribution < 1.29 is 0 Å². The Kier molecular flexibility index (Phi) is 8.26. The van der Waals surface area contributed by atoms with Gasteiger partial charge in [-0.2, -0.15) is 0 Å². The zero-order valence-corrected chi connectivity index (χ0v) is 15.8. The van der Waals surface area contributed by atoms with Crippen LogP contribution in [0.1, 0.15) is 5.56 Å². The lowest BCUT2D eigenvalue weighted by atomic mass is 10.2. The molecule has 0 aliphatic heterocycles. The van der Waals surface area contributed by atoms with Crippen LogP contribution in [0.3, 0.4) is 0 Å². The summed E-state index contributed by atoms with van der Waals surface area (Å²) in [5.41, 5.74) is 1.08. The summed E-state index contributed by atoms with van der Waals surface area (Å²) < 4.78 is 2.02. The molecule has 1 aromatic heterocycles. The summed E-state index contributed by atoms with van der Waals surface area (Å²) >= 11 is 6.19. The highest BCUT2D eigenvalue weighted by molar-refractivity contribution is 14.0. The van der Waals surface area contributed by atoms with E-state index < -0.39 is 0 Å². The van der Waals surface area contributed by atoms with Crippen LogP contribution in [0.2, 0.25) is 5.02 Å². The number of guanidine groups is 1. The van der Waals surface area contributed by atoms with Crippen LogP contribution in [0.15, 0.2) is 48.0 Å². The first-order chi connectivity index (χ1) is 10.2. The summed E-state index contributed by atoms with van der Waals surface area (Å²) in [5, 5.41) is 4.11. The molecule has 1 N–H and O–H groups in total. The van der Waals surface area contributed by atoms with E-state index in [-0.39, 0.29) is 24.0 Å². The van der Waals surface area contributed by atoms with Gasteiger partial charge in [0, 0.05) is 51.1 Å². The second-order valence-electron chi connectivity index (χ2n) is 4.72. The molecule has 0 unspecified atom stereocenters. The number of hydrogen-bond donors (Lipinski definition) is 1. The largest absolute Gasteiger partial charge is 0.354 e. The monoisotopic (exact) mass is 433 g/mol. The van der Waals surface area contributed by atoms with E-state index in [0.717, 1.165) is 29.6 Å². The van der Waals surface area contributed by atoms with Crippen molar-refractivity contribution in [3.63, 3.8) is 0 Å². The van der Waals surface area contributed by atoms with Gasteiger partial charge in [-0.15, -0.1) is 24.0 Å². The molecule has 0 saturated carbocycles. The second kappa shape index (κ2) is 9.68. The van der Waals surface area contributed by atoms with Crippen molar-refractivity contribution >= 4 is 41.5 Å². The van der Waals surface area contributed by atoms with E-state index >= 15 is 0 Å². The fourth-order valence-electron chi connectivity index (χ4n) is 2.06. The fraction of sp³-hybridized carbons (Fsp3) is 0.333. The van der Waals surface area contributed by atoms with E-state index in [1.807, 2.05) is 42.1 Å². The van der Waals surface area contributed by atoms with Gasteiger partial charge in [0.1, 0.15) is 0 Å². The molecule has 5 nitrogen and oxygen atoms in total. The highest BCUT2D eigenvalue weighted by atomic mass is 127. The number of benzene rings is 1. The second-order valence-corrected chi connectivity index (χ2v) is 5.13. The smallest absolute Gasteiger partial charge is 0.193 e. The molecule has 7 heteroatoms. The molecule has 0 fully saturated rings. The molecule has 120 valence electrons. The van der Waals surface area contributed by atoms with Crippen molar-refractivity contribution in [2.75, 3.05) is 20.6 Å². The Morgan fingerprint density at radius 2 is 2.18 bits per heavy atom. The van der Waals surface area contributed by atoms with Crippen molar-refractivity contribution in [1.29, 1.82) is 0 Å². The molecule has 0 spiro atoms. The first-order valence-corrected chi connectivity index (χ1v) is 7.19. The molecule has 0 radical (unpaired) electrons. The third-order valence-electron chi connectivity index (χ3n) is 3.15. The minimum atomic E-state index is 0. The summed E-state index contributed by atoms with van der Waals surface area (Å²) in [6.07, 6.45) is 5.52. The summed E-state index contributed by atoms with van der Waals surface area (Å²) in [5.74, 6) is 0.843. The third kappa shape index (κ3) is 5.49. The Morgan fingerprint density at radius 3 is 2.82 bits per heavy atom. The molecule has 1 aromatic carbocycles. The van der Waals surface area contributed by atoms with Gasteiger partial charge < -0.3 is 14.8 Å². The van der Waals surface area contributed by atoms with Crippen LogP contribution in [-0.4, -0.2) is 41.1 Å². The zero-order chi connectivity index (χ0) is 15.1. The lowest BCUT2D eigenvalue weighted by molar-refractivity contribution is 0.473. The highest BCUT2D eigenvalue weighted by Gasteiger charge is 2.08. The number of rotatable bonds is 5. The van der Waals surface area contributed by atoms with Crippen molar-refractivity contribution in [1.82, 2.24) is 19.8 Å². The molecule has 0 aliphatic rings. The lowest BCUT2D eigenvalue weighted by Crippen LogP contribution is -2.39. The Balaban J connectivity index is 0.00000242. The lowest BCUT2D eigenvalue weighted by Gasteiger charge is -2.22. The van der Waals surface area contributed by atoms with Crippen molar-refractivity contribution in [2.45, 2.75) is 13.1 Å². The number of nitrogens with zero attached hydrogens (tertiary/aromatic N) is 4. The molecular formula is C15H21ClIN5. The maximum absolute atomic E-state index is 6.19. The van der Waals surface area contributed by atoms with Crippen molar-refractivity contribution in [3.8, 4) is 0 Å². The van der Waals surface area contributed by atoms with Crippen LogP contribution in [0.4, 0.5) is 0 Å². The predicted octanol–water partition coefficient (Wildman–Crippen LogP) is 2.86. The van der Waals surface area contributed by atoms with Gasteiger partial charge in [0.05, 0.1) is 6.33 Å². The third-order valence-corrected chi connectivity index (χ3v) is 3.52. The van der Waals surface area contributed by atoms with Gasteiger partial charge in [0.15, 0.2) is 5.96 Å². The molecule has 2 rings (SSSR count). The van der Waals surface area contributed by atoms with E-state index in [1.165, 1.54) is 0 Å². The van der Waals surface area contributed by atoms with Gasteiger partial charge in [-0.05, 0) is 11.6 Å². The molecule has 1 heterocycles. The van der Waals surface area contributed by atoms with Gasteiger partial charge in [-0.3, -0.25) is 4.99 Å². The summed E-state index contributed by atoms with van der Waals surface area (Å²) in [4.78, 5) is 10.4. The summed E-state index contributed by atoms with van der Waals surface area (Å²) in [6.45, 7) is 2.35. The maximum atomic E-state index is 6.19. The Hall–Kier alpha value is -1.28. The molecule has 0 amide bonds. The number of hydrogen-bond acceptors (Lipinski definition) is 2. The van der Waals surface area contributed by atoms with Gasteiger partial charge in [0.2, 0.25) is 0 Å². The number of nitrogens with one attached hydrogen (secondary N) is 1. The fourth-order valence-corrected chi connectivity index (χ4v) is 2.25. The SMILES string of the molecule is CN=C(NCCn1ccnc1)N(C)Cc1ccccc1Cl.I. The molecular weight excluding hydrogens is 413 g/mol. The number of aromatic nitrogens is 2. The van der Waals surface area contributed by atoms with E-state index in [4.69, 9.17) is 11.6 Å². The standard InChI is InChI=1S/C15H20ClN5.HI/c1-17-15(19-8-10-21-9-7-18-12-21)20(2)11-13-5-3-4-6-14(13)16;/h3-7,9,12H,8,10-11H2,1-2H3,(H,17,19);1H. The van der Waals surface area contributed by atoms with E-state index in [1.54, 1.807) is 19.6 Å². The predicted molar refractivity (Wildman–Crippen MR) is 102 cm³/mol. The summed E-state index contributed by atoms with van der Waals surface area (Å²) in [7, 11) is 3.78. The van der Waals surface area contributed by atoms with E-state index in [9.17, 15) is 0 Å². The van der Waals surface area contributed by atoms with Crippen LogP contribution >= 0.6 is 35.6 Å². The molecule has 22 heavy (non-hydrogen) atoms. The number of imidazole rings is 1. The topological polar surface area (TPSA) is 45.5 Å². The highest BCUT2D eigenvalue weighted by Crippen LogP contribution is 2.16. The van der Waals surface area contributed by atoms with Gasteiger partial charge in [-0.1, -0.05) is 29.8 Å². The zero-order valence-electron chi connectivity index (χ0n) is 12.7. The summed E-state index contributed by atoms with van der Waals surface area (Å²) in [6, 6.07) is 7.85. The molecule has 2 aromatic rings. The van der Waals surface area contributed by atoms with Crippen molar-refractivity contribution in [2.24, 2.45) is 4.99 Å². The maximum Gasteiger partial charge on any atom is 0.193 e. The quantitative estimate of drug-likeness (QED) is 0.448. The van der Waals surface area contributed by atoms with Crippen LogP contribution in [0.5, 0.6) is 0 Å². The van der Waals surface area contributed by atoms with Crippen LogP contribution in [0.25, 0.3) is 0 Å². The minimum absolute atomic E-state index is 0. The average molecular weight is 434 g/mol. The van der Waals surface area contributed by atoms with E-state index in [0.29, 0.717) is 6.54 Å². The number of aliphatic imine (C=N–C) groups is 1. The Labute approximate surface area is 153 Å². The number of halogens is 2. The normalized spacial score (nSPS) is 11.0. The molecule has 0 saturated heterocycles. The van der Waals surface area contributed by atoms with Crippen LogP contribution in [0, 0.1) is 0 Å². The minimum Gasteiger partial charge on any atom is -0.354 e. The van der Waals surface area contributed by atoms with Crippen LogP contribution in [-0.2, 0) is 13.1 Å². The first-order valence-electron chi connectivity index (χ1n) is 6.81. The van der Waals surface area contributed by atoms with Gasteiger partial charge >= 0.3 is 0 Å². The molecule has 0 atom stereocenters. The van der Waals surface area contributed by atoms with Crippen LogP contribution < -0.4 is 5.32 Å². The first kappa shape index (κ1) is 18.8.